The molecule has 1 atom stereocenters. The molecule has 2 N–H and O–H groups in total. The van der Waals surface area contributed by atoms with Gasteiger partial charge in [-0.1, -0.05) is 45.7 Å². The molecule has 7 heteroatoms. The molecule has 132 valence electrons. The SMILES string of the molecule is Cc1ccc(NC(=O)CNC(=O)CCCCC2CCSS2)c(Cl)c1. The van der Waals surface area contributed by atoms with E-state index in [1.807, 2.05) is 34.6 Å². The van der Waals surface area contributed by atoms with Crippen molar-refractivity contribution in [3.05, 3.63) is 28.8 Å². The number of nitrogens with one attached hydrogen (secondary N) is 2. The zero-order chi connectivity index (χ0) is 17.4. The zero-order valence-corrected chi connectivity index (χ0v) is 16.2. The minimum atomic E-state index is -0.270. The van der Waals surface area contributed by atoms with Gasteiger partial charge in [0.1, 0.15) is 0 Å². The van der Waals surface area contributed by atoms with Crippen molar-refractivity contribution >= 4 is 50.7 Å². The summed E-state index contributed by atoms with van der Waals surface area (Å²) in [6.07, 6.45) is 4.87. The summed E-state index contributed by atoms with van der Waals surface area (Å²) in [6, 6.07) is 5.43. The van der Waals surface area contributed by atoms with Crippen molar-refractivity contribution in [2.24, 2.45) is 0 Å². The second kappa shape index (κ2) is 10.2. The quantitative estimate of drug-likeness (QED) is 0.513. The second-order valence-corrected chi connectivity index (χ2v) is 9.08. The van der Waals surface area contributed by atoms with Crippen molar-refractivity contribution in [2.75, 3.05) is 17.6 Å². The van der Waals surface area contributed by atoms with Gasteiger partial charge in [-0.2, -0.15) is 0 Å². The summed E-state index contributed by atoms with van der Waals surface area (Å²) in [6.45, 7) is 1.90. The van der Waals surface area contributed by atoms with Crippen LogP contribution in [0.4, 0.5) is 5.69 Å². The third kappa shape index (κ3) is 6.95. The number of unbranched alkanes of at least 4 members (excludes halogenated alkanes) is 1. The van der Waals surface area contributed by atoms with E-state index < -0.39 is 0 Å². The Morgan fingerprint density at radius 2 is 2.12 bits per heavy atom. The van der Waals surface area contributed by atoms with Gasteiger partial charge in [-0.25, -0.2) is 0 Å². The number of carbonyl (C=O) groups is 2. The number of halogens is 1. The Bertz CT molecular complexity index is 578. The maximum atomic E-state index is 11.9. The molecule has 0 aromatic heterocycles. The Morgan fingerprint density at radius 3 is 2.83 bits per heavy atom. The molecule has 1 saturated heterocycles. The predicted molar refractivity (Wildman–Crippen MR) is 105 cm³/mol. The van der Waals surface area contributed by atoms with Crippen LogP contribution in [0.25, 0.3) is 0 Å². The number of hydrogen-bond acceptors (Lipinski definition) is 4. The van der Waals surface area contributed by atoms with Gasteiger partial charge in [-0.15, -0.1) is 0 Å². The van der Waals surface area contributed by atoms with Crippen LogP contribution >= 0.6 is 33.2 Å². The maximum Gasteiger partial charge on any atom is 0.243 e. The topological polar surface area (TPSA) is 58.2 Å². The summed E-state index contributed by atoms with van der Waals surface area (Å²) in [5.41, 5.74) is 1.59. The Morgan fingerprint density at radius 1 is 1.29 bits per heavy atom. The minimum Gasteiger partial charge on any atom is -0.347 e. The number of carbonyl (C=O) groups excluding carboxylic acids is 2. The van der Waals surface area contributed by atoms with Crippen LogP contribution in [-0.4, -0.2) is 29.4 Å². The van der Waals surface area contributed by atoms with Crippen molar-refractivity contribution in [1.29, 1.82) is 0 Å². The fourth-order valence-electron chi connectivity index (χ4n) is 2.41. The van der Waals surface area contributed by atoms with Gasteiger partial charge in [-0.3, -0.25) is 9.59 Å². The molecule has 1 aromatic carbocycles. The van der Waals surface area contributed by atoms with E-state index in [0.717, 1.165) is 23.7 Å². The molecule has 4 nitrogen and oxygen atoms in total. The number of anilines is 1. The lowest BCUT2D eigenvalue weighted by atomic mass is 10.1. The monoisotopic (exact) mass is 386 g/mol. The van der Waals surface area contributed by atoms with Gasteiger partial charge in [0, 0.05) is 17.4 Å². The van der Waals surface area contributed by atoms with Gasteiger partial charge in [0.15, 0.2) is 0 Å². The number of aryl methyl sites for hydroxylation is 1. The molecule has 1 unspecified atom stereocenters. The number of benzene rings is 1. The average molecular weight is 387 g/mol. The summed E-state index contributed by atoms with van der Waals surface area (Å²) in [4.78, 5) is 23.6. The Hall–Kier alpha value is -0.850. The molecule has 0 saturated carbocycles. The molecule has 1 fully saturated rings. The van der Waals surface area contributed by atoms with Crippen LogP contribution in [0.15, 0.2) is 18.2 Å². The van der Waals surface area contributed by atoms with Crippen LogP contribution in [0.1, 0.15) is 37.7 Å². The van der Waals surface area contributed by atoms with Gasteiger partial charge in [0.2, 0.25) is 11.8 Å². The van der Waals surface area contributed by atoms with Crippen LogP contribution in [0.3, 0.4) is 0 Å². The summed E-state index contributed by atoms with van der Waals surface area (Å²) >= 11 is 6.07. The summed E-state index contributed by atoms with van der Waals surface area (Å²) < 4.78 is 0. The Balaban J connectivity index is 1.59. The molecule has 0 radical (unpaired) electrons. The van der Waals surface area contributed by atoms with Gasteiger partial charge >= 0.3 is 0 Å². The number of hydrogen-bond donors (Lipinski definition) is 2. The van der Waals surface area contributed by atoms with Crippen LogP contribution in [-0.2, 0) is 9.59 Å². The predicted octanol–water partition coefficient (Wildman–Crippen LogP) is 4.42. The molecule has 1 aliphatic heterocycles. The van der Waals surface area contributed by atoms with Crippen LogP contribution in [0, 0.1) is 6.92 Å². The van der Waals surface area contributed by atoms with E-state index in [9.17, 15) is 9.59 Å². The highest BCUT2D eigenvalue weighted by Gasteiger charge is 2.16. The number of amides is 2. The second-order valence-electron chi connectivity index (χ2n) is 5.88. The number of rotatable bonds is 8. The first kappa shape index (κ1) is 19.5. The van der Waals surface area contributed by atoms with Crippen LogP contribution in [0.5, 0.6) is 0 Å². The largest absolute Gasteiger partial charge is 0.347 e. The molecule has 2 amide bonds. The molecule has 1 aliphatic rings. The smallest absolute Gasteiger partial charge is 0.243 e. The molecule has 1 aromatic rings. The van der Waals surface area contributed by atoms with E-state index in [2.05, 4.69) is 10.6 Å². The van der Waals surface area contributed by atoms with Gasteiger partial charge in [0.05, 0.1) is 17.3 Å². The summed E-state index contributed by atoms with van der Waals surface area (Å²) in [7, 11) is 3.91. The van der Waals surface area contributed by atoms with E-state index in [4.69, 9.17) is 11.6 Å². The van der Waals surface area contributed by atoms with E-state index in [1.54, 1.807) is 12.1 Å². The van der Waals surface area contributed by atoms with Crippen molar-refractivity contribution < 1.29 is 9.59 Å². The zero-order valence-electron chi connectivity index (χ0n) is 13.8. The van der Waals surface area contributed by atoms with Gasteiger partial charge in [-0.05, 0) is 43.9 Å². The lowest BCUT2D eigenvalue weighted by Gasteiger charge is -2.09. The fraction of sp³-hybridized carbons (Fsp3) is 0.529. The van der Waals surface area contributed by atoms with E-state index in [-0.39, 0.29) is 18.4 Å². The molecular weight excluding hydrogens is 364 g/mol. The third-order valence-corrected chi connectivity index (χ3v) is 7.07. The standard InChI is InChI=1S/C17H23ClN2O2S2/c1-12-6-7-15(14(18)10-12)20-17(22)11-19-16(21)5-3-2-4-13-8-9-23-24-13/h6-7,10,13H,2-5,8-9,11H2,1H3,(H,19,21)(H,20,22). The first-order valence-corrected chi connectivity index (χ1v) is 10.9. The molecular formula is C17H23ClN2O2S2. The lowest BCUT2D eigenvalue weighted by molar-refractivity contribution is -0.124. The fourth-order valence-corrected chi connectivity index (χ4v) is 5.72. The van der Waals surface area contributed by atoms with E-state index in [0.29, 0.717) is 17.1 Å². The van der Waals surface area contributed by atoms with Crippen LogP contribution < -0.4 is 10.6 Å². The molecule has 0 aliphatic carbocycles. The summed E-state index contributed by atoms with van der Waals surface area (Å²) in [5.74, 6) is 0.901. The highest BCUT2D eigenvalue weighted by Crippen LogP contribution is 2.39. The average Bonchev–Trinajstić information content (AvgIpc) is 3.06. The van der Waals surface area contributed by atoms with Crippen molar-refractivity contribution in [1.82, 2.24) is 5.32 Å². The Kier molecular flexibility index (Phi) is 8.29. The van der Waals surface area contributed by atoms with Gasteiger partial charge in [0.25, 0.3) is 0 Å². The van der Waals surface area contributed by atoms with Gasteiger partial charge < -0.3 is 10.6 Å². The molecule has 2 rings (SSSR count). The lowest BCUT2D eigenvalue weighted by Crippen LogP contribution is -2.32. The highest BCUT2D eigenvalue weighted by molar-refractivity contribution is 8.77. The van der Waals surface area contributed by atoms with E-state index >= 15 is 0 Å². The van der Waals surface area contributed by atoms with Crippen LogP contribution in [0.2, 0.25) is 5.02 Å². The first-order chi connectivity index (χ1) is 11.5. The molecule has 0 bridgehead atoms. The Labute approximate surface area is 156 Å². The first-order valence-electron chi connectivity index (χ1n) is 8.15. The van der Waals surface area contributed by atoms with Crippen molar-refractivity contribution in [3.8, 4) is 0 Å². The van der Waals surface area contributed by atoms with E-state index in [1.165, 1.54) is 18.6 Å². The van der Waals surface area contributed by atoms with Crippen molar-refractivity contribution in [2.45, 2.75) is 44.3 Å². The highest BCUT2D eigenvalue weighted by atomic mass is 35.5. The van der Waals surface area contributed by atoms with Crippen molar-refractivity contribution in [3.63, 3.8) is 0 Å². The normalized spacial score (nSPS) is 16.8. The maximum absolute atomic E-state index is 11.9. The minimum absolute atomic E-state index is 0.0296. The molecule has 0 spiro atoms. The molecule has 24 heavy (non-hydrogen) atoms. The molecule has 1 heterocycles. The summed E-state index contributed by atoms with van der Waals surface area (Å²) in [5, 5.41) is 6.62. The third-order valence-electron chi connectivity index (χ3n) is 3.75.